The highest BCUT2D eigenvalue weighted by Gasteiger charge is 2.35. The first-order valence-corrected chi connectivity index (χ1v) is 7.70. The van der Waals surface area contributed by atoms with Crippen molar-refractivity contribution >= 4 is 0 Å². The van der Waals surface area contributed by atoms with Gasteiger partial charge in [-0.05, 0) is 58.0 Å². The lowest BCUT2D eigenvalue weighted by Gasteiger charge is -2.43. The van der Waals surface area contributed by atoms with Crippen molar-refractivity contribution in [3.63, 3.8) is 0 Å². The minimum Gasteiger partial charge on any atom is -0.310 e. The molecule has 1 atom stereocenters. The molecule has 17 heavy (non-hydrogen) atoms. The van der Waals surface area contributed by atoms with Crippen LogP contribution in [-0.4, -0.2) is 36.1 Å². The first-order chi connectivity index (χ1) is 8.21. The van der Waals surface area contributed by atoms with Crippen LogP contribution in [-0.2, 0) is 0 Å². The third-order valence-corrected chi connectivity index (χ3v) is 5.39. The summed E-state index contributed by atoms with van der Waals surface area (Å²) in [6, 6.07) is 0.807. The van der Waals surface area contributed by atoms with Gasteiger partial charge < -0.3 is 5.32 Å². The van der Waals surface area contributed by atoms with Crippen LogP contribution >= 0.6 is 0 Å². The van der Waals surface area contributed by atoms with Crippen molar-refractivity contribution in [1.82, 2.24) is 10.2 Å². The Morgan fingerprint density at radius 3 is 2.47 bits per heavy atom. The number of rotatable bonds is 4. The maximum Gasteiger partial charge on any atom is 0.0303 e. The SMILES string of the molecule is CCC1(CC)CN(C(C)C2CCC2)CCCN1. The standard InChI is InChI=1S/C15H30N2/c1-4-15(5-2)12-17(11-7-10-16-15)13(3)14-8-6-9-14/h13-14,16H,4-12H2,1-3H3. The predicted octanol–water partition coefficient (Wildman–Crippen LogP) is 3.03. The zero-order valence-electron chi connectivity index (χ0n) is 12.0. The summed E-state index contributed by atoms with van der Waals surface area (Å²) in [5.74, 6) is 0.986. The molecule has 1 saturated heterocycles. The van der Waals surface area contributed by atoms with E-state index < -0.39 is 0 Å². The van der Waals surface area contributed by atoms with E-state index in [2.05, 4.69) is 31.0 Å². The summed E-state index contributed by atoms with van der Waals surface area (Å²) < 4.78 is 0. The Morgan fingerprint density at radius 2 is 1.94 bits per heavy atom. The van der Waals surface area contributed by atoms with E-state index in [1.807, 2.05) is 0 Å². The number of hydrogen-bond donors (Lipinski definition) is 1. The Hall–Kier alpha value is -0.0800. The van der Waals surface area contributed by atoms with Crippen molar-refractivity contribution in [1.29, 1.82) is 0 Å². The summed E-state index contributed by atoms with van der Waals surface area (Å²) in [5.41, 5.74) is 0.383. The van der Waals surface area contributed by atoms with Crippen LogP contribution in [0, 0.1) is 5.92 Å². The summed E-state index contributed by atoms with van der Waals surface area (Å²) in [7, 11) is 0. The molecule has 2 fully saturated rings. The summed E-state index contributed by atoms with van der Waals surface area (Å²) in [4.78, 5) is 2.77. The van der Waals surface area contributed by atoms with Crippen LogP contribution in [0.1, 0.15) is 59.3 Å². The molecule has 1 heterocycles. The molecule has 1 unspecified atom stereocenters. The summed E-state index contributed by atoms with van der Waals surface area (Å²) in [5, 5.41) is 3.81. The molecule has 1 saturated carbocycles. The molecule has 0 aromatic heterocycles. The lowest BCUT2D eigenvalue weighted by Crippen LogP contribution is -2.53. The van der Waals surface area contributed by atoms with E-state index in [0.29, 0.717) is 5.54 Å². The lowest BCUT2D eigenvalue weighted by atomic mass is 9.79. The summed E-state index contributed by atoms with van der Waals surface area (Å²) in [6.07, 6.45) is 8.24. The Bertz CT molecular complexity index is 231. The molecule has 2 aliphatic rings. The van der Waals surface area contributed by atoms with Gasteiger partial charge in [-0.25, -0.2) is 0 Å². The van der Waals surface area contributed by atoms with E-state index in [-0.39, 0.29) is 0 Å². The maximum absolute atomic E-state index is 3.81. The van der Waals surface area contributed by atoms with Gasteiger partial charge in [-0.3, -0.25) is 4.90 Å². The fraction of sp³-hybridized carbons (Fsp3) is 1.00. The van der Waals surface area contributed by atoms with Crippen LogP contribution in [0.3, 0.4) is 0 Å². The minimum absolute atomic E-state index is 0.383. The molecule has 1 aliphatic carbocycles. The fourth-order valence-electron chi connectivity index (χ4n) is 3.45. The van der Waals surface area contributed by atoms with Crippen molar-refractivity contribution < 1.29 is 0 Å². The van der Waals surface area contributed by atoms with Gasteiger partial charge in [0.05, 0.1) is 0 Å². The first kappa shape index (κ1) is 13.4. The predicted molar refractivity (Wildman–Crippen MR) is 74.3 cm³/mol. The number of hydrogen-bond acceptors (Lipinski definition) is 2. The van der Waals surface area contributed by atoms with Crippen LogP contribution in [0.2, 0.25) is 0 Å². The second-order valence-corrected chi connectivity index (χ2v) is 6.17. The van der Waals surface area contributed by atoms with Crippen LogP contribution in [0.5, 0.6) is 0 Å². The van der Waals surface area contributed by atoms with E-state index in [4.69, 9.17) is 0 Å². The fourth-order valence-corrected chi connectivity index (χ4v) is 3.45. The van der Waals surface area contributed by atoms with Gasteiger partial charge in [0, 0.05) is 18.1 Å². The lowest BCUT2D eigenvalue weighted by molar-refractivity contribution is 0.0856. The topological polar surface area (TPSA) is 15.3 Å². The molecule has 0 spiro atoms. The maximum atomic E-state index is 3.81. The highest BCUT2D eigenvalue weighted by atomic mass is 15.2. The quantitative estimate of drug-likeness (QED) is 0.810. The smallest absolute Gasteiger partial charge is 0.0303 e. The van der Waals surface area contributed by atoms with E-state index in [1.54, 1.807) is 0 Å². The second-order valence-electron chi connectivity index (χ2n) is 6.17. The summed E-state index contributed by atoms with van der Waals surface area (Å²) >= 11 is 0. The van der Waals surface area contributed by atoms with Crippen LogP contribution in [0.25, 0.3) is 0 Å². The van der Waals surface area contributed by atoms with Gasteiger partial charge >= 0.3 is 0 Å². The summed E-state index contributed by atoms with van der Waals surface area (Å²) in [6.45, 7) is 10.9. The van der Waals surface area contributed by atoms with E-state index in [1.165, 1.54) is 58.2 Å². The van der Waals surface area contributed by atoms with Crippen LogP contribution in [0.15, 0.2) is 0 Å². The third-order valence-electron chi connectivity index (χ3n) is 5.39. The molecule has 0 amide bonds. The van der Waals surface area contributed by atoms with E-state index in [0.717, 1.165) is 12.0 Å². The Balaban J connectivity index is 2.00. The minimum atomic E-state index is 0.383. The highest BCUT2D eigenvalue weighted by Crippen LogP contribution is 2.33. The van der Waals surface area contributed by atoms with E-state index >= 15 is 0 Å². The average molecular weight is 238 g/mol. The van der Waals surface area contributed by atoms with Gasteiger partial charge in [0.1, 0.15) is 0 Å². The van der Waals surface area contributed by atoms with Gasteiger partial charge in [-0.2, -0.15) is 0 Å². The molecule has 1 aliphatic heterocycles. The molecule has 2 heteroatoms. The third kappa shape index (κ3) is 2.85. The van der Waals surface area contributed by atoms with Crippen molar-refractivity contribution in [2.24, 2.45) is 5.92 Å². The van der Waals surface area contributed by atoms with Crippen molar-refractivity contribution in [3.8, 4) is 0 Å². The van der Waals surface area contributed by atoms with Crippen molar-refractivity contribution in [2.75, 3.05) is 19.6 Å². The Labute approximate surface area is 107 Å². The largest absolute Gasteiger partial charge is 0.310 e. The van der Waals surface area contributed by atoms with Gasteiger partial charge in [-0.1, -0.05) is 20.3 Å². The Morgan fingerprint density at radius 1 is 1.24 bits per heavy atom. The molecule has 100 valence electrons. The van der Waals surface area contributed by atoms with Crippen molar-refractivity contribution in [2.45, 2.75) is 70.9 Å². The molecule has 2 nitrogen and oxygen atoms in total. The van der Waals surface area contributed by atoms with Gasteiger partial charge in [-0.15, -0.1) is 0 Å². The van der Waals surface area contributed by atoms with E-state index in [9.17, 15) is 0 Å². The first-order valence-electron chi connectivity index (χ1n) is 7.70. The van der Waals surface area contributed by atoms with Gasteiger partial charge in [0.25, 0.3) is 0 Å². The Kier molecular flexibility index (Phi) is 4.48. The molecule has 0 bridgehead atoms. The zero-order chi connectivity index (χ0) is 12.3. The average Bonchev–Trinajstić information content (AvgIpc) is 2.49. The van der Waals surface area contributed by atoms with Crippen LogP contribution < -0.4 is 5.32 Å². The molecular formula is C15H30N2. The van der Waals surface area contributed by atoms with Crippen molar-refractivity contribution in [3.05, 3.63) is 0 Å². The molecule has 0 aromatic rings. The normalized spacial score (nSPS) is 28.4. The van der Waals surface area contributed by atoms with Crippen LogP contribution in [0.4, 0.5) is 0 Å². The molecule has 0 radical (unpaired) electrons. The number of nitrogens with one attached hydrogen (secondary N) is 1. The highest BCUT2D eigenvalue weighted by molar-refractivity contribution is 4.94. The molecular weight excluding hydrogens is 208 g/mol. The van der Waals surface area contributed by atoms with Gasteiger partial charge in [0.2, 0.25) is 0 Å². The zero-order valence-corrected chi connectivity index (χ0v) is 12.0. The molecule has 2 rings (SSSR count). The molecule has 0 aromatic carbocycles. The molecule has 1 N–H and O–H groups in total. The second kappa shape index (κ2) is 5.71. The van der Waals surface area contributed by atoms with Gasteiger partial charge in [0.15, 0.2) is 0 Å². The monoisotopic (exact) mass is 238 g/mol. The number of nitrogens with zero attached hydrogens (tertiary/aromatic N) is 1.